The number of benzene rings is 2. The average Bonchev–Trinajstić information content (AvgIpc) is 2.77. The quantitative estimate of drug-likeness (QED) is 0.373. The van der Waals surface area contributed by atoms with Gasteiger partial charge in [0.05, 0.1) is 33.7 Å². The summed E-state index contributed by atoms with van der Waals surface area (Å²) in [5.74, 6) is 0. The highest BCUT2D eigenvalue weighted by Crippen LogP contribution is 2.29. The van der Waals surface area contributed by atoms with Crippen molar-refractivity contribution in [3.63, 3.8) is 0 Å². The van der Waals surface area contributed by atoms with Crippen molar-refractivity contribution in [3.8, 4) is 0 Å². The van der Waals surface area contributed by atoms with E-state index < -0.39 is 25.6 Å². The molecule has 32 heavy (non-hydrogen) atoms. The van der Waals surface area contributed by atoms with Crippen LogP contribution in [0.25, 0.3) is 0 Å². The molecular weight excluding hydrogens is 442 g/mol. The molecule has 0 atom stereocenters. The summed E-state index contributed by atoms with van der Waals surface area (Å²) >= 11 is 0. The van der Waals surface area contributed by atoms with Gasteiger partial charge in [0, 0.05) is 36.3 Å². The van der Waals surface area contributed by atoms with E-state index in [2.05, 4.69) is 10.5 Å². The Kier molecular flexibility index (Phi) is 6.81. The standard InChI is InChI=1S/C19H21N5O7S/c1-13-3-4-15(11-18(13)23(25)26)14(2)20-21-17-6-5-16(12-19(17)24(27)28)32(29,30)22-7-9-31-10-8-22/h3-6,11-12,21H,7-10H2,1-2H3. The molecule has 1 fully saturated rings. The van der Waals surface area contributed by atoms with Gasteiger partial charge >= 0.3 is 0 Å². The molecule has 0 radical (unpaired) electrons. The maximum atomic E-state index is 12.8. The number of nitro groups is 2. The summed E-state index contributed by atoms with van der Waals surface area (Å²) in [7, 11) is -3.90. The minimum absolute atomic E-state index is 0.0168. The summed E-state index contributed by atoms with van der Waals surface area (Å²) in [6, 6.07) is 8.11. The number of rotatable bonds is 7. The SMILES string of the molecule is CC(=NNc1ccc(S(=O)(=O)N2CCOCC2)cc1[N+](=O)[O-])c1ccc(C)c([N+](=O)[O-])c1. The molecule has 1 heterocycles. The van der Waals surface area contributed by atoms with Gasteiger partial charge in [-0.15, -0.1) is 0 Å². The molecular formula is C19H21N5O7S. The Labute approximate surface area is 183 Å². The van der Waals surface area contributed by atoms with Gasteiger partial charge in [0.25, 0.3) is 11.4 Å². The van der Waals surface area contributed by atoms with Crippen LogP contribution < -0.4 is 5.43 Å². The maximum absolute atomic E-state index is 12.8. The smallest absolute Gasteiger partial charge is 0.295 e. The van der Waals surface area contributed by atoms with Crippen molar-refractivity contribution in [2.75, 3.05) is 31.7 Å². The van der Waals surface area contributed by atoms with Gasteiger partial charge in [0.15, 0.2) is 0 Å². The van der Waals surface area contributed by atoms with Crippen LogP contribution in [-0.2, 0) is 14.8 Å². The second-order valence-electron chi connectivity index (χ2n) is 7.02. The van der Waals surface area contributed by atoms with Crippen molar-refractivity contribution < 1.29 is 23.0 Å². The molecule has 12 nitrogen and oxygen atoms in total. The molecule has 1 N–H and O–H groups in total. The van der Waals surface area contributed by atoms with Gasteiger partial charge in [-0.25, -0.2) is 8.42 Å². The van der Waals surface area contributed by atoms with Crippen LogP contribution in [0.15, 0.2) is 46.4 Å². The first-order valence-corrected chi connectivity index (χ1v) is 11.0. The lowest BCUT2D eigenvalue weighted by molar-refractivity contribution is -0.385. The lowest BCUT2D eigenvalue weighted by Gasteiger charge is -2.26. The normalized spacial score (nSPS) is 15.4. The third kappa shape index (κ3) is 4.90. The van der Waals surface area contributed by atoms with Crippen molar-refractivity contribution in [1.82, 2.24) is 4.31 Å². The summed E-state index contributed by atoms with van der Waals surface area (Å²) in [4.78, 5) is 21.3. The van der Waals surface area contributed by atoms with Crippen LogP contribution in [-0.4, -0.2) is 54.6 Å². The van der Waals surface area contributed by atoms with Crippen molar-refractivity contribution in [2.45, 2.75) is 18.7 Å². The van der Waals surface area contributed by atoms with Crippen LogP contribution >= 0.6 is 0 Å². The van der Waals surface area contributed by atoms with Crippen LogP contribution in [0.3, 0.4) is 0 Å². The second-order valence-corrected chi connectivity index (χ2v) is 8.96. The fourth-order valence-electron chi connectivity index (χ4n) is 3.09. The number of nitrogens with one attached hydrogen (secondary N) is 1. The molecule has 3 rings (SSSR count). The van der Waals surface area contributed by atoms with E-state index in [1.54, 1.807) is 26.0 Å². The van der Waals surface area contributed by atoms with Crippen LogP contribution in [0.4, 0.5) is 17.1 Å². The Morgan fingerprint density at radius 3 is 2.34 bits per heavy atom. The highest BCUT2D eigenvalue weighted by Gasteiger charge is 2.29. The number of ether oxygens (including phenoxy) is 1. The highest BCUT2D eigenvalue weighted by atomic mass is 32.2. The Morgan fingerprint density at radius 2 is 1.72 bits per heavy atom. The minimum atomic E-state index is -3.90. The van der Waals surface area contributed by atoms with Gasteiger partial charge in [-0.1, -0.05) is 12.1 Å². The number of sulfonamides is 1. The molecule has 2 aromatic rings. The molecule has 0 aliphatic carbocycles. The largest absolute Gasteiger partial charge is 0.379 e. The van der Waals surface area contributed by atoms with Gasteiger partial charge in [-0.2, -0.15) is 9.41 Å². The number of aryl methyl sites for hydroxylation is 1. The van der Waals surface area contributed by atoms with E-state index in [1.807, 2.05) is 0 Å². The van der Waals surface area contributed by atoms with E-state index in [9.17, 15) is 28.6 Å². The minimum Gasteiger partial charge on any atom is -0.379 e. The summed E-state index contributed by atoms with van der Waals surface area (Å²) in [5, 5.41) is 26.8. The Bertz CT molecular complexity index is 1190. The van der Waals surface area contributed by atoms with Crippen LogP contribution in [0.1, 0.15) is 18.1 Å². The predicted molar refractivity (Wildman–Crippen MR) is 116 cm³/mol. The lowest BCUT2D eigenvalue weighted by Crippen LogP contribution is -2.40. The summed E-state index contributed by atoms with van der Waals surface area (Å²) in [6.07, 6.45) is 0. The van der Waals surface area contributed by atoms with E-state index in [4.69, 9.17) is 4.74 Å². The highest BCUT2D eigenvalue weighted by molar-refractivity contribution is 7.89. The molecule has 0 bridgehead atoms. The first kappa shape index (κ1) is 23.2. The number of morpholine rings is 1. The molecule has 0 amide bonds. The van der Waals surface area contributed by atoms with Gasteiger partial charge < -0.3 is 4.74 Å². The zero-order valence-corrected chi connectivity index (χ0v) is 18.2. The first-order valence-electron chi connectivity index (χ1n) is 9.53. The number of nitrogens with zero attached hydrogens (tertiary/aromatic N) is 4. The second kappa shape index (κ2) is 9.38. The summed E-state index contributed by atoms with van der Waals surface area (Å²) < 4.78 is 31.9. The Hall–Kier alpha value is -3.42. The average molecular weight is 463 g/mol. The molecule has 0 aromatic heterocycles. The van der Waals surface area contributed by atoms with Gasteiger partial charge in [0.1, 0.15) is 5.69 Å². The van der Waals surface area contributed by atoms with Crippen LogP contribution in [0, 0.1) is 27.2 Å². The van der Waals surface area contributed by atoms with Crippen LogP contribution in [0.5, 0.6) is 0 Å². The Morgan fingerprint density at radius 1 is 1.06 bits per heavy atom. The van der Waals surface area contributed by atoms with Crippen LogP contribution in [0.2, 0.25) is 0 Å². The van der Waals surface area contributed by atoms with Gasteiger partial charge in [-0.05, 0) is 26.0 Å². The van der Waals surface area contributed by atoms with Crippen molar-refractivity contribution >= 4 is 32.8 Å². The van der Waals surface area contributed by atoms with E-state index >= 15 is 0 Å². The van der Waals surface area contributed by atoms with Crippen molar-refractivity contribution in [2.24, 2.45) is 5.10 Å². The van der Waals surface area contributed by atoms with E-state index in [1.165, 1.54) is 22.5 Å². The fourth-order valence-corrected chi connectivity index (χ4v) is 4.52. The number of hydrazone groups is 1. The third-order valence-corrected chi connectivity index (χ3v) is 6.84. The molecule has 0 spiro atoms. The maximum Gasteiger partial charge on any atom is 0.295 e. The van der Waals surface area contributed by atoms with Crippen molar-refractivity contribution in [1.29, 1.82) is 0 Å². The monoisotopic (exact) mass is 463 g/mol. The molecule has 13 heteroatoms. The zero-order valence-electron chi connectivity index (χ0n) is 17.3. The molecule has 2 aromatic carbocycles. The Balaban J connectivity index is 1.89. The van der Waals surface area contributed by atoms with E-state index in [-0.39, 0.29) is 42.6 Å². The summed E-state index contributed by atoms with van der Waals surface area (Å²) in [5.41, 5.74) is 3.32. The third-order valence-electron chi connectivity index (χ3n) is 4.94. The topological polar surface area (TPSA) is 157 Å². The first-order chi connectivity index (χ1) is 15.1. The molecule has 0 unspecified atom stereocenters. The lowest BCUT2D eigenvalue weighted by atomic mass is 10.1. The molecule has 0 saturated carbocycles. The summed E-state index contributed by atoms with van der Waals surface area (Å²) in [6.45, 7) is 4.05. The molecule has 170 valence electrons. The number of nitro benzene ring substituents is 2. The predicted octanol–water partition coefficient (Wildman–Crippen LogP) is 2.67. The van der Waals surface area contributed by atoms with E-state index in [0.29, 0.717) is 16.8 Å². The van der Waals surface area contributed by atoms with Gasteiger partial charge in [-0.3, -0.25) is 25.7 Å². The zero-order chi connectivity index (χ0) is 23.5. The van der Waals surface area contributed by atoms with Gasteiger partial charge in [0.2, 0.25) is 10.0 Å². The molecule has 1 aliphatic rings. The number of anilines is 1. The number of hydrogen-bond acceptors (Lipinski definition) is 9. The fraction of sp³-hybridized carbons (Fsp3) is 0.316. The molecule has 1 saturated heterocycles. The van der Waals surface area contributed by atoms with E-state index in [0.717, 1.165) is 6.07 Å². The van der Waals surface area contributed by atoms with Crippen molar-refractivity contribution in [3.05, 3.63) is 67.8 Å². The molecule has 1 aliphatic heterocycles. The number of hydrogen-bond donors (Lipinski definition) is 1.